The number of hydrogen-bond donors (Lipinski definition) is 4. The molecule has 3 amide bonds. The Hall–Kier alpha value is -3.01. The first-order chi connectivity index (χ1) is 13.7. The molecule has 1 saturated carbocycles. The van der Waals surface area contributed by atoms with Gasteiger partial charge in [-0.25, -0.2) is 4.79 Å². The fourth-order valence-electron chi connectivity index (χ4n) is 3.73. The molecule has 1 unspecified atom stereocenters. The molecule has 0 aliphatic heterocycles. The summed E-state index contributed by atoms with van der Waals surface area (Å²) in [6, 6.07) is 9.03. The summed E-state index contributed by atoms with van der Waals surface area (Å²) in [5.41, 5.74) is 1.96. The minimum Gasteiger partial charge on any atom is -0.361 e. The normalized spacial score (nSPS) is 15.5. The van der Waals surface area contributed by atoms with E-state index in [0.29, 0.717) is 6.42 Å². The molecule has 1 heterocycles. The third-order valence-electron chi connectivity index (χ3n) is 5.20. The number of nitrogens with zero attached hydrogens (tertiary/aromatic N) is 1. The number of hydrogen-bond acceptors (Lipinski definition) is 3. The lowest BCUT2D eigenvalue weighted by Gasteiger charge is -2.25. The Morgan fingerprint density at radius 2 is 2.00 bits per heavy atom. The van der Waals surface area contributed by atoms with E-state index in [2.05, 4.69) is 20.9 Å². The van der Waals surface area contributed by atoms with Crippen molar-refractivity contribution in [3.05, 3.63) is 36.0 Å². The average molecular weight is 381 g/mol. The zero-order valence-electron chi connectivity index (χ0n) is 16.0. The Kier molecular flexibility index (Phi) is 6.90. The highest BCUT2D eigenvalue weighted by molar-refractivity contribution is 5.89. The number of nitriles is 1. The Bertz CT molecular complexity index is 848. The second kappa shape index (κ2) is 9.79. The van der Waals surface area contributed by atoms with Crippen molar-refractivity contribution in [2.24, 2.45) is 0 Å². The van der Waals surface area contributed by atoms with Crippen molar-refractivity contribution in [1.29, 1.82) is 5.26 Å². The number of H-pyrrole nitrogens is 1. The molecule has 1 aromatic carbocycles. The van der Waals surface area contributed by atoms with Gasteiger partial charge < -0.3 is 20.9 Å². The summed E-state index contributed by atoms with van der Waals surface area (Å²) in [4.78, 5) is 28.3. The van der Waals surface area contributed by atoms with Gasteiger partial charge in [-0.05, 0) is 24.5 Å². The molecular weight excluding hydrogens is 354 g/mol. The molecule has 7 heteroatoms. The first kappa shape index (κ1) is 19.7. The van der Waals surface area contributed by atoms with Crippen LogP contribution in [0.15, 0.2) is 30.5 Å². The van der Waals surface area contributed by atoms with Gasteiger partial charge in [0.15, 0.2) is 0 Å². The Morgan fingerprint density at radius 1 is 1.21 bits per heavy atom. The maximum Gasteiger partial charge on any atom is 0.315 e. The maximum atomic E-state index is 12.6. The molecule has 7 nitrogen and oxygen atoms in total. The lowest BCUT2D eigenvalue weighted by Crippen LogP contribution is -2.53. The molecule has 148 valence electrons. The van der Waals surface area contributed by atoms with E-state index in [1.807, 2.05) is 36.5 Å². The van der Waals surface area contributed by atoms with Crippen LogP contribution in [0.1, 0.15) is 44.1 Å². The fourth-order valence-corrected chi connectivity index (χ4v) is 3.73. The summed E-state index contributed by atoms with van der Waals surface area (Å²) < 4.78 is 0. The molecule has 28 heavy (non-hydrogen) atoms. The van der Waals surface area contributed by atoms with Gasteiger partial charge in [-0.3, -0.25) is 4.79 Å². The number of fused-ring (bicyclic) bond motifs is 1. The van der Waals surface area contributed by atoms with E-state index in [9.17, 15) is 9.59 Å². The molecule has 1 aromatic heterocycles. The number of aromatic nitrogens is 1. The van der Waals surface area contributed by atoms with Crippen molar-refractivity contribution in [3.8, 4) is 6.07 Å². The van der Waals surface area contributed by atoms with Gasteiger partial charge in [0.2, 0.25) is 5.91 Å². The third kappa shape index (κ3) is 5.26. The first-order valence-electron chi connectivity index (χ1n) is 9.94. The number of carbonyl (C=O) groups is 2. The van der Waals surface area contributed by atoms with Crippen LogP contribution in [0.2, 0.25) is 0 Å². The van der Waals surface area contributed by atoms with E-state index in [-0.39, 0.29) is 30.9 Å². The number of amides is 3. The van der Waals surface area contributed by atoms with Gasteiger partial charge >= 0.3 is 6.03 Å². The summed E-state index contributed by atoms with van der Waals surface area (Å²) in [5.74, 6) is -0.278. The topological polar surface area (TPSA) is 110 Å². The minimum atomic E-state index is -0.707. The Labute approximate surface area is 164 Å². The van der Waals surface area contributed by atoms with E-state index in [4.69, 9.17) is 5.26 Å². The molecule has 1 atom stereocenters. The fraction of sp³-hybridized carbons (Fsp3) is 0.476. The van der Waals surface area contributed by atoms with Crippen molar-refractivity contribution >= 4 is 22.8 Å². The van der Waals surface area contributed by atoms with E-state index in [1.54, 1.807) is 0 Å². The van der Waals surface area contributed by atoms with Gasteiger partial charge in [0.25, 0.3) is 0 Å². The SMILES string of the molecule is N#CCCNC(=O)C(Cc1c[nH]c2ccccc12)NC(=O)NC1CCCCC1. The zero-order chi connectivity index (χ0) is 19.8. The summed E-state index contributed by atoms with van der Waals surface area (Å²) in [6.45, 7) is 0.269. The molecule has 0 saturated heterocycles. The van der Waals surface area contributed by atoms with E-state index >= 15 is 0 Å². The highest BCUT2D eigenvalue weighted by Gasteiger charge is 2.24. The molecule has 1 aliphatic carbocycles. The van der Waals surface area contributed by atoms with E-state index in [0.717, 1.165) is 42.1 Å². The van der Waals surface area contributed by atoms with Crippen LogP contribution in [0.4, 0.5) is 4.79 Å². The molecular formula is C21H27N5O2. The van der Waals surface area contributed by atoms with Crippen molar-refractivity contribution < 1.29 is 9.59 Å². The second-order valence-corrected chi connectivity index (χ2v) is 7.27. The molecule has 1 fully saturated rings. The summed E-state index contributed by atoms with van der Waals surface area (Å²) in [5, 5.41) is 18.3. The lowest BCUT2D eigenvalue weighted by molar-refractivity contribution is -0.122. The third-order valence-corrected chi connectivity index (χ3v) is 5.20. The smallest absolute Gasteiger partial charge is 0.315 e. The quantitative estimate of drug-likeness (QED) is 0.554. The number of para-hydroxylation sites is 1. The Balaban J connectivity index is 1.68. The van der Waals surface area contributed by atoms with Crippen LogP contribution in [-0.2, 0) is 11.2 Å². The molecule has 0 radical (unpaired) electrons. The van der Waals surface area contributed by atoms with Crippen LogP contribution in [0, 0.1) is 11.3 Å². The number of rotatable bonds is 7. The van der Waals surface area contributed by atoms with E-state index < -0.39 is 6.04 Å². The van der Waals surface area contributed by atoms with Crippen LogP contribution in [0.3, 0.4) is 0 Å². The molecule has 0 spiro atoms. The number of benzene rings is 1. The first-order valence-corrected chi connectivity index (χ1v) is 9.94. The van der Waals surface area contributed by atoms with Crippen molar-refractivity contribution in [1.82, 2.24) is 20.9 Å². The van der Waals surface area contributed by atoms with Crippen LogP contribution < -0.4 is 16.0 Å². The van der Waals surface area contributed by atoms with Gasteiger partial charge in [0.1, 0.15) is 6.04 Å². The lowest BCUT2D eigenvalue weighted by atomic mass is 9.96. The summed E-state index contributed by atoms with van der Waals surface area (Å²) in [7, 11) is 0. The molecule has 4 N–H and O–H groups in total. The second-order valence-electron chi connectivity index (χ2n) is 7.27. The van der Waals surface area contributed by atoms with Crippen molar-refractivity contribution in [2.45, 2.75) is 57.0 Å². The predicted octanol–water partition coefficient (Wildman–Crippen LogP) is 2.74. The van der Waals surface area contributed by atoms with Crippen molar-refractivity contribution in [3.63, 3.8) is 0 Å². The van der Waals surface area contributed by atoms with Gasteiger partial charge in [-0.2, -0.15) is 5.26 Å². The standard InChI is InChI=1S/C21H27N5O2/c22-11-6-12-23-20(27)19(26-21(28)25-16-7-2-1-3-8-16)13-15-14-24-18-10-5-4-9-17(15)18/h4-5,9-10,14,16,19,24H,1-3,6-8,12-13H2,(H,23,27)(H2,25,26,28). The van der Waals surface area contributed by atoms with Crippen LogP contribution in [-0.4, -0.2) is 35.6 Å². The van der Waals surface area contributed by atoms with Gasteiger partial charge in [-0.1, -0.05) is 37.5 Å². The van der Waals surface area contributed by atoms with E-state index in [1.165, 1.54) is 6.42 Å². The van der Waals surface area contributed by atoms with Gasteiger partial charge in [0.05, 0.1) is 12.5 Å². The highest BCUT2D eigenvalue weighted by Crippen LogP contribution is 2.20. The van der Waals surface area contributed by atoms with Crippen molar-refractivity contribution in [2.75, 3.05) is 6.54 Å². The monoisotopic (exact) mass is 381 g/mol. The molecule has 2 aromatic rings. The van der Waals surface area contributed by atoms with Gasteiger partial charge in [-0.15, -0.1) is 0 Å². The maximum absolute atomic E-state index is 12.6. The number of nitrogens with one attached hydrogen (secondary N) is 4. The Morgan fingerprint density at radius 3 is 2.79 bits per heavy atom. The molecule has 3 rings (SSSR count). The zero-order valence-corrected chi connectivity index (χ0v) is 16.0. The predicted molar refractivity (Wildman–Crippen MR) is 108 cm³/mol. The summed E-state index contributed by atoms with van der Waals surface area (Å²) in [6.07, 6.45) is 7.91. The largest absolute Gasteiger partial charge is 0.361 e. The van der Waals surface area contributed by atoms with Crippen LogP contribution >= 0.6 is 0 Å². The number of carbonyl (C=O) groups excluding carboxylic acids is 2. The number of urea groups is 1. The van der Waals surface area contributed by atoms with Crippen LogP contribution in [0.25, 0.3) is 10.9 Å². The highest BCUT2D eigenvalue weighted by atomic mass is 16.2. The number of aromatic amines is 1. The van der Waals surface area contributed by atoms with Gasteiger partial charge in [0, 0.05) is 36.1 Å². The summed E-state index contributed by atoms with van der Waals surface area (Å²) >= 11 is 0. The molecule has 0 bridgehead atoms. The minimum absolute atomic E-state index is 0.170. The molecule has 1 aliphatic rings. The average Bonchev–Trinajstić information content (AvgIpc) is 3.11. The van der Waals surface area contributed by atoms with Crippen LogP contribution in [0.5, 0.6) is 0 Å².